The predicted octanol–water partition coefficient (Wildman–Crippen LogP) is 4.88. The van der Waals surface area contributed by atoms with Crippen LogP contribution >= 0.6 is 0 Å². The number of carbonyl (C=O) groups excluding carboxylic acids is 2. The Morgan fingerprint density at radius 1 is 1.27 bits per heavy atom. The molecule has 0 aromatic rings. The Hall–Kier alpha value is -1.72. The van der Waals surface area contributed by atoms with Gasteiger partial charge in [0.15, 0.2) is 0 Å². The first-order chi connectivity index (χ1) is 14.4. The lowest BCUT2D eigenvalue weighted by Crippen LogP contribution is -2.39. The number of carbonyl (C=O) groups is 2. The third-order valence-corrected chi connectivity index (χ3v) is 5.81. The lowest BCUT2D eigenvalue weighted by Gasteiger charge is -2.18. The number of aliphatic hydroxyl groups is 2. The molecule has 0 saturated heterocycles. The van der Waals surface area contributed by atoms with E-state index in [4.69, 9.17) is 0 Å². The topological polar surface area (TPSA) is 83.8 Å². The van der Waals surface area contributed by atoms with E-state index in [2.05, 4.69) is 30.4 Å². The molecule has 1 aliphatic rings. The van der Waals surface area contributed by atoms with Crippen molar-refractivity contribution in [2.24, 2.45) is 17.8 Å². The van der Waals surface area contributed by atoms with E-state index in [0.717, 1.165) is 12.8 Å². The van der Waals surface area contributed by atoms with Gasteiger partial charge in [0.1, 0.15) is 5.78 Å². The molecule has 0 spiro atoms. The molecule has 1 rings (SSSR count). The first kappa shape index (κ1) is 26.3. The van der Waals surface area contributed by atoms with E-state index in [1.54, 1.807) is 13.0 Å². The molecule has 0 radical (unpaired) electrons. The van der Waals surface area contributed by atoms with Crippen LogP contribution in [0.5, 0.6) is 0 Å². The fourth-order valence-corrected chi connectivity index (χ4v) is 3.88. The molecule has 3 atom stereocenters. The van der Waals surface area contributed by atoms with Crippen molar-refractivity contribution in [2.45, 2.75) is 83.8 Å². The molecular weight excluding hydrogens is 380 g/mol. The van der Waals surface area contributed by atoms with Crippen molar-refractivity contribution in [3.8, 4) is 0 Å². The number of unbranched alkanes of at least 4 members (excludes halogenated alkanes) is 2. The summed E-state index contributed by atoms with van der Waals surface area (Å²) in [6.45, 7) is 7.87. The Labute approximate surface area is 181 Å². The monoisotopic (exact) mass is 420 g/mol. The first-order valence-electron chi connectivity index (χ1n) is 11.4. The molecule has 1 fully saturated rings. The molecule has 0 amide bonds. The van der Waals surface area contributed by atoms with Crippen molar-refractivity contribution in [1.29, 1.82) is 0 Å². The van der Waals surface area contributed by atoms with Gasteiger partial charge in [-0.1, -0.05) is 56.6 Å². The number of ketones is 1. The van der Waals surface area contributed by atoms with Gasteiger partial charge in [0.2, 0.25) is 0 Å². The maximum Gasteiger partial charge on any atom is 0.366 e. The van der Waals surface area contributed by atoms with Crippen molar-refractivity contribution in [1.82, 2.24) is 0 Å². The largest absolute Gasteiger partial charge is 0.462 e. The Bertz CT molecular complexity index is 590. The molecule has 0 aromatic carbocycles. The maximum absolute atomic E-state index is 12.3. The molecule has 1 saturated carbocycles. The Balaban J connectivity index is 2.46. The molecule has 1 aliphatic carbocycles. The van der Waals surface area contributed by atoms with Crippen LogP contribution in [-0.4, -0.2) is 34.4 Å². The number of hydrogen-bond donors (Lipinski definition) is 2. The Kier molecular flexibility index (Phi) is 12.6. The van der Waals surface area contributed by atoms with Crippen LogP contribution in [0.2, 0.25) is 0 Å². The normalized spacial score (nSPS) is 20.9. The summed E-state index contributed by atoms with van der Waals surface area (Å²) in [5.41, 5.74) is 0. The van der Waals surface area contributed by atoms with Gasteiger partial charge in [0.05, 0.1) is 6.61 Å². The lowest BCUT2D eigenvalue weighted by molar-refractivity contribution is -0.210. The van der Waals surface area contributed by atoms with E-state index >= 15 is 0 Å². The minimum atomic E-state index is -2.46. The summed E-state index contributed by atoms with van der Waals surface area (Å²) >= 11 is 0. The number of hydrogen-bond acceptors (Lipinski definition) is 5. The second-order valence-corrected chi connectivity index (χ2v) is 8.21. The van der Waals surface area contributed by atoms with Gasteiger partial charge in [-0.25, -0.2) is 4.79 Å². The van der Waals surface area contributed by atoms with Crippen molar-refractivity contribution in [2.75, 3.05) is 6.61 Å². The van der Waals surface area contributed by atoms with Crippen molar-refractivity contribution >= 4 is 11.8 Å². The van der Waals surface area contributed by atoms with Gasteiger partial charge in [-0.3, -0.25) is 4.79 Å². The van der Waals surface area contributed by atoms with Crippen LogP contribution in [0, 0.1) is 17.8 Å². The van der Waals surface area contributed by atoms with Gasteiger partial charge in [-0.2, -0.15) is 0 Å². The van der Waals surface area contributed by atoms with E-state index in [0.29, 0.717) is 31.0 Å². The molecule has 0 heterocycles. The summed E-state index contributed by atoms with van der Waals surface area (Å²) in [4.78, 5) is 23.7. The zero-order chi connectivity index (χ0) is 22.4. The SMILES string of the molecule is C=C[C@@H](C/C=C/[C@H]1CCC(=O)[C@@H]1C/C=C\CCC(O)(O)C(=O)OCC)CCCCC. The van der Waals surface area contributed by atoms with E-state index in [1.807, 2.05) is 12.2 Å². The highest BCUT2D eigenvalue weighted by atomic mass is 16.6. The van der Waals surface area contributed by atoms with Gasteiger partial charge < -0.3 is 14.9 Å². The summed E-state index contributed by atoms with van der Waals surface area (Å²) < 4.78 is 4.64. The van der Waals surface area contributed by atoms with E-state index in [-0.39, 0.29) is 24.9 Å². The average molecular weight is 421 g/mol. The van der Waals surface area contributed by atoms with Gasteiger partial charge in [-0.15, -0.1) is 6.58 Å². The van der Waals surface area contributed by atoms with Crippen LogP contribution < -0.4 is 0 Å². The van der Waals surface area contributed by atoms with Gasteiger partial charge in [0.25, 0.3) is 5.79 Å². The molecule has 5 heteroatoms. The summed E-state index contributed by atoms with van der Waals surface area (Å²) in [5, 5.41) is 19.4. The maximum atomic E-state index is 12.3. The number of ether oxygens (including phenoxy) is 1. The van der Waals surface area contributed by atoms with Crippen LogP contribution in [0.3, 0.4) is 0 Å². The third-order valence-electron chi connectivity index (χ3n) is 5.81. The minimum Gasteiger partial charge on any atom is -0.462 e. The Morgan fingerprint density at radius 3 is 2.70 bits per heavy atom. The summed E-state index contributed by atoms with van der Waals surface area (Å²) in [6.07, 6.45) is 18.4. The molecule has 5 nitrogen and oxygen atoms in total. The van der Waals surface area contributed by atoms with Crippen molar-refractivity contribution in [3.05, 3.63) is 37.0 Å². The minimum absolute atomic E-state index is 0.0159. The predicted molar refractivity (Wildman–Crippen MR) is 120 cm³/mol. The standard InChI is InChI=1S/C25H40O5/c1-4-7-9-13-20(5-2)14-12-15-21-17-18-23(26)22(21)16-10-8-11-19-25(28,29)24(27)30-6-3/h5,8,10,12,15,20-22,28-29H,2,4,6-7,9,11,13-14,16-19H2,1,3H3/b10-8-,15-12+/t20-,21+,22-/m1/s1. The molecule has 2 N–H and O–H groups in total. The molecule has 30 heavy (non-hydrogen) atoms. The molecule has 0 unspecified atom stereocenters. The molecule has 170 valence electrons. The van der Waals surface area contributed by atoms with Gasteiger partial charge in [0, 0.05) is 18.8 Å². The van der Waals surface area contributed by atoms with Crippen LogP contribution in [0.15, 0.2) is 37.0 Å². The highest BCUT2D eigenvalue weighted by Gasteiger charge is 2.34. The number of allylic oxidation sites excluding steroid dienone is 5. The molecular formula is C25H40O5. The van der Waals surface area contributed by atoms with Crippen LogP contribution in [0.4, 0.5) is 0 Å². The van der Waals surface area contributed by atoms with E-state index < -0.39 is 11.8 Å². The third kappa shape index (κ3) is 9.40. The summed E-state index contributed by atoms with van der Waals surface area (Å²) in [7, 11) is 0. The second kappa shape index (κ2) is 14.3. The quantitative estimate of drug-likeness (QED) is 0.171. The molecule has 0 aromatic heterocycles. The highest BCUT2D eigenvalue weighted by Crippen LogP contribution is 2.33. The van der Waals surface area contributed by atoms with Crippen LogP contribution in [0.1, 0.15) is 78.1 Å². The zero-order valence-corrected chi connectivity index (χ0v) is 18.7. The molecule has 0 aliphatic heterocycles. The second-order valence-electron chi connectivity index (χ2n) is 8.21. The lowest BCUT2D eigenvalue weighted by atomic mass is 9.90. The molecule has 0 bridgehead atoms. The van der Waals surface area contributed by atoms with Crippen LogP contribution in [0.25, 0.3) is 0 Å². The smallest absolute Gasteiger partial charge is 0.366 e. The first-order valence-corrected chi connectivity index (χ1v) is 11.4. The van der Waals surface area contributed by atoms with Gasteiger partial charge in [-0.05, 0) is 50.9 Å². The fraction of sp³-hybridized carbons (Fsp3) is 0.680. The number of Topliss-reactive ketones (excluding diaryl/α,β-unsaturated/α-hetero) is 1. The summed E-state index contributed by atoms with van der Waals surface area (Å²) in [6, 6.07) is 0. The van der Waals surface area contributed by atoms with Crippen LogP contribution in [-0.2, 0) is 14.3 Å². The number of rotatable bonds is 15. The van der Waals surface area contributed by atoms with Gasteiger partial charge >= 0.3 is 5.97 Å². The summed E-state index contributed by atoms with van der Waals surface area (Å²) in [5.74, 6) is -2.45. The zero-order valence-electron chi connectivity index (χ0n) is 18.7. The van der Waals surface area contributed by atoms with Crippen molar-refractivity contribution < 1.29 is 24.5 Å². The van der Waals surface area contributed by atoms with E-state index in [9.17, 15) is 19.8 Å². The van der Waals surface area contributed by atoms with Crippen molar-refractivity contribution in [3.63, 3.8) is 0 Å². The average Bonchev–Trinajstić information content (AvgIpc) is 3.06. The van der Waals surface area contributed by atoms with E-state index in [1.165, 1.54) is 25.7 Å². The highest BCUT2D eigenvalue weighted by molar-refractivity contribution is 5.83. The fourth-order valence-electron chi connectivity index (χ4n) is 3.88. The number of esters is 1. The Morgan fingerprint density at radius 2 is 2.03 bits per heavy atom.